The largest absolute Gasteiger partial charge is 0.490 e. The summed E-state index contributed by atoms with van der Waals surface area (Å²) in [7, 11) is 5.24. The van der Waals surface area contributed by atoms with Crippen LogP contribution in [0.25, 0.3) is 0 Å². The first-order chi connectivity index (χ1) is 10.6. The van der Waals surface area contributed by atoms with Gasteiger partial charge in [0.15, 0.2) is 5.75 Å². The second-order valence-electron chi connectivity index (χ2n) is 4.32. The van der Waals surface area contributed by atoms with Gasteiger partial charge in [0.05, 0.1) is 13.3 Å². The molecular weight excluding hydrogens is 321 g/mol. The van der Waals surface area contributed by atoms with E-state index < -0.39 is 18.1 Å². The van der Waals surface area contributed by atoms with E-state index in [4.69, 9.17) is 14.6 Å². The number of hydrogen-bond acceptors (Lipinski definition) is 6. The molecule has 1 heterocycles. The van der Waals surface area contributed by atoms with Crippen molar-refractivity contribution in [2.24, 2.45) is 0 Å². The van der Waals surface area contributed by atoms with Gasteiger partial charge in [0.25, 0.3) is 0 Å². The Morgan fingerprint density at radius 1 is 1.35 bits per heavy atom. The van der Waals surface area contributed by atoms with Crippen LogP contribution in [-0.2, 0) is 9.53 Å². The Labute approximate surface area is 130 Å². The maximum Gasteiger partial charge on any atom is 0.490 e. The van der Waals surface area contributed by atoms with Gasteiger partial charge in [-0.3, -0.25) is 4.98 Å². The zero-order chi connectivity index (χ0) is 18.0. The van der Waals surface area contributed by atoms with Crippen LogP contribution in [0.15, 0.2) is 18.5 Å². The number of ether oxygens (including phenoxy) is 2. The van der Waals surface area contributed by atoms with Gasteiger partial charge in [-0.25, -0.2) is 9.59 Å². The number of esters is 1. The smallest absolute Gasteiger partial charge is 0.490 e. The molecule has 7 nitrogen and oxygen atoms in total. The molecular formula is C13H17F3N2O5. The summed E-state index contributed by atoms with van der Waals surface area (Å²) in [6.45, 7) is 1.28. The maximum atomic E-state index is 11.4. The van der Waals surface area contributed by atoms with Crippen LogP contribution in [0.2, 0.25) is 0 Å². The third-order valence-corrected chi connectivity index (χ3v) is 2.23. The van der Waals surface area contributed by atoms with Gasteiger partial charge < -0.3 is 19.5 Å². The second-order valence-corrected chi connectivity index (χ2v) is 4.32. The first-order valence-electron chi connectivity index (χ1n) is 6.19. The number of hydrogen-bond donors (Lipinski definition) is 1. The number of alkyl halides is 3. The van der Waals surface area contributed by atoms with Crippen LogP contribution in [0.1, 0.15) is 10.4 Å². The summed E-state index contributed by atoms with van der Waals surface area (Å²) in [6, 6.07) is 1.58. The van der Waals surface area contributed by atoms with E-state index in [2.05, 4.69) is 9.72 Å². The van der Waals surface area contributed by atoms with Crippen molar-refractivity contribution in [3.8, 4) is 5.75 Å². The van der Waals surface area contributed by atoms with Gasteiger partial charge in [0.2, 0.25) is 0 Å². The molecule has 1 aromatic rings. The van der Waals surface area contributed by atoms with Gasteiger partial charge in [-0.15, -0.1) is 0 Å². The number of nitrogens with zero attached hydrogens (tertiary/aromatic N) is 2. The highest BCUT2D eigenvalue weighted by Crippen LogP contribution is 2.17. The molecule has 1 rings (SSSR count). The molecule has 0 aromatic carbocycles. The van der Waals surface area contributed by atoms with Gasteiger partial charge in [0, 0.05) is 12.7 Å². The van der Waals surface area contributed by atoms with E-state index in [0.29, 0.717) is 17.9 Å². The Morgan fingerprint density at radius 2 is 1.91 bits per heavy atom. The molecule has 1 N–H and O–H groups in total. The minimum atomic E-state index is -5.08. The Morgan fingerprint density at radius 3 is 2.35 bits per heavy atom. The van der Waals surface area contributed by atoms with Gasteiger partial charge >= 0.3 is 18.1 Å². The molecule has 0 aliphatic rings. The zero-order valence-corrected chi connectivity index (χ0v) is 12.8. The number of likely N-dealkylation sites (N-methyl/N-ethyl adjacent to an activating group) is 1. The van der Waals surface area contributed by atoms with Crippen molar-refractivity contribution in [1.82, 2.24) is 9.88 Å². The van der Waals surface area contributed by atoms with Crippen molar-refractivity contribution in [1.29, 1.82) is 0 Å². The van der Waals surface area contributed by atoms with E-state index in [0.717, 1.165) is 6.54 Å². The molecule has 1 aromatic heterocycles. The molecule has 23 heavy (non-hydrogen) atoms. The topological polar surface area (TPSA) is 89.0 Å². The number of carbonyl (C=O) groups excluding carboxylic acids is 1. The van der Waals surface area contributed by atoms with Crippen LogP contribution in [0.4, 0.5) is 13.2 Å². The molecule has 0 saturated heterocycles. The fourth-order valence-corrected chi connectivity index (χ4v) is 1.11. The van der Waals surface area contributed by atoms with Gasteiger partial charge in [-0.05, 0) is 20.2 Å². The number of aliphatic carboxylic acids is 1. The predicted molar refractivity (Wildman–Crippen MR) is 73.3 cm³/mol. The number of carboxylic acids is 1. The van der Waals surface area contributed by atoms with E-state index in [1.807, 2.05) is 19.0 Å². The van der Waals surface area contributed by atoms with Crippen LogP contribution in [0.3, 0.4) is 0 Å². The standard InChI is InChI=1S/C11H16N2O3.C2HF3O2/c1-13(2)6-7-16-10-8-12-5-4-9(10)11(14)15-3;3-2(4,5)1(6)7/h4-5,8H,6-7H2,1-3H3;(H,6,7). The second kappa shape index (κ2) is 9.62. The fraction of sp³-hybridized carbons (Fsp3) is 0.462. The van der Waals surface area contributed by atoms with E-state index in [9.17, 15) is 18.0 Å². The lowest BCUT2D eigenvalue weighted by Gasteiger charge is -2.12. The monoisotopic (exact) mass is 338 g/mol. The van der Waals surface area contributed by atoms with Gasteiger partial charge in [0.1, 0.15) is 12.2 Å². The molecule has 0 fully saturated rings. The highest BCUT2D eigenvalue weighted by Gasteiger charge is 2.38. The summed E-state index contributed by atoms with van der Waals surface area (Å²) < 4.78 is 41.8. The van der Waals surface area contributed by atoms with E-state index in [-0.39, 0.29) is 0 Å². The number of carbonyl (C=O) groups is 2. The van der Waals surface area contributed by atoms with Crippen molar-refractivity contribution < 1.29 is 37.3 Å². The van der Waals surface area contributed by atoms with Crippen molar-refractivity contribution in [2.45, 2.75) is 6.18 Å². The Balaban J connectivity index is 0.000000585. The van der Waals surface area contributed by atoms with Crippen LogP contribution >= 0.6 is 0 Å². The number of pyridine rings is 1. The number of aromatic nitrogens is 1. The van der Waals surface area contributed by atoms with Crippen molar-refractivity contribution in [3.05, 3.63) is 24.0 Å². The molecule has 0 aliphatic carbocycles. The molecule has 0 saturated carbocycles. The number of methoxy groups -OCH3 is 1. The summed E-state index contributed by atoms with van der Waals surface area (Å²) in [4.78, 5) is 26.2. The SMILES string of the molecule is COC(=O)c1ccncc1OCCN(C)C.O=C(O)C(F)(F)F. The highest BCUT2D eigenvalue weighted by molar-refractivity contribution is 5.92. The molecule has 0 amide bonds. The lowest BCUT2D eigenvalue weighted by Crippen LogP contribution is -2.21. The quantitative estimate of drug-likeness (QED) is 0.813. The summed E-state index contributed by atoms with van der Waals surface area (Å²) in [5, 5.41) is 7.12. The molecule has 0 aliphatic heterocycles. The Hall–Kier alpha value is -2.36. The fourth-order valence-electron chi connectivity index (χ4n) is 1.11. The Kier molecular flexibility index (Phi) is 8.63. The van der Waals surface area contributed by atoms with Crippen LogP contribution < -0.4 is 4.74 Å². The van der Waals surface area contributed by atoms with Crippen molar-refractivity contribution >= 4 is 11.9 Å². The lowest BCUT2D eigenvalue weighted by atomic mass is 10.2. The number of halogens is 3. The van der Waals surface area contributed by atoms with Crippen LogP contribution in [0.5, 0.6) is 5.75 Å². The average molecular weight is 338 g/mol. The first kappa shape index (κ1) is 20.6. The molecule has 0 bridgehead atoms. The normalized spacial score (nSPS) is 10.6. The molecule has 0 unspecified atom stereocenters. The third kappa shape index (κ3) is 8.61. The Bertz CT molecular complexity index is 521. The minimum absolute atomic E-state index is 0.399. The van der Waals surface area contributed by atoms with Crippen LogP contribution in [-0.4, -0.2) is 67.5 Å². The lowest BCUT2D eigenvalue weighted by molar-refractivity contribution is -0.192. The van der Waals surface area contributed by atoms with Crippen LogP contribution in [0, 0.1) is 0 Å². The first-order valence-corrected chi connectivity index (χ1v) is 6.19. The molecule has 0 radical (unpaired) electrons. The number of carboxylic acid groups (broad SMARTS) is 1. The van der Waals surface area contributed by atoms with E-state index in [1.54, 1.807) is 6.07 Å². The van der Waals surface area contributed by atoms with Gasteiger partial charge in [-0.1, -0.05) is 0 Å². The summed E-state index contributed by atoms with van der Waals surface area (Å²) in [5.74, 6) is -2.72. The molecule has 10 heteroatoms. The van der Waals surface area contributed by atoms with E-state index >= 15 is 0 Å². The van der Waals surface area contributed by atoms with Crippen molar-refractivity contribution in [3.63, 3.8) is 0 Å². The summed E-state index contributed by atoms with van der Waals surface area (Å²) >= 11 is 0. The number of rotatable bonds is 5. The van der Waals surface area contributed by atoms with Gasteiger partial charge in [-0.2, -0.15) is 13.2 Å². The molecule has 0 atom stereocenters. The summed E-state index contributed by atoms with van der Waals surface area (Å²) in [5.41, 5.74) is 0.399. The molecule has 0 spiro atoms. The minimum Gasteiger partial charge on any atom is -0.490 e. The zero-order valence-electron chi connectivity index (χ0n) is 12.8. The summed E-state index contributed by atoms with van der Waals surface area (Å²) in [6.07, 6.45) is -2.03. The maximum absolute atomic E-state index is 11.4. The molecule has 130 valence electrons. The predicted octanol–water partition coefficient (Wildman–Crippen LogP) is 1.44. The van der Waals surface area contributed by atoms with Crippen molar-refractivity contribution in [2.75, 3.05) is 34.4 Å². The van der Waals surface area contributed by atoms with E-state index in [1.165, 1.54) is 19.5 Å². The highest BCUT2D eigenvalue weighted by atomic mass is 19.4. The third-order valence-electron chi connectivity index (χ3n) is 2.23. The average Bonchev–Trinajstić information content (AvgIpc) is 2.46.